The fourth-order valence-electron chi connectivity index (χ4n) is 2.86. The van der Waals surface area contributed by atoms with E-state index in [-0.39, 0.29) is 6.03 Å². The van der Waals surface area contributed by atoms with Gasteiger partial charge in [-0.3, -0.25) is 0 Å². The van der Waals surface area contributed by atoms with Crippen molar-refractivity contribution in [3.05, 3.63) is 36.7 Å². The number of aromatic nitrogens is 2. The van der Waals surface area contributed by atoms with Gasteiger partial charge < -0.3 is 19.9 Å². The highest BCUT2D eigenvalue weighted by Gasteiger charge is 2.24. The normalized spacial score (nSPS) is 17.5. The number of likely N-dealkylation sites (tertiary alicyclic amines) is 1. The molecule has 2 N–H and O–H groups in total. The number of aryl methyl sites for hydroxylation is 1. The standard InChI is InChI=1S/C17H22N4O2/c1-2-8-20-10-7-18-16(20)13-4-3-5-14(11-13)19-17(23)21-9-6-15(22)12-21/h3-5,7,10-11,15,22H,2,6,8-9,12H2,1H3,(H,19,23)/t15-/m1/s1. The first-order chi connectivity index (χ1) is 11.2. The molecule has 1 atom stereocenters. The molecular formula is C17H22N4O2. The number of hydrogen-bond donors (Lipinski definition) is 2. The monoisotopic (exact) mass is 314 g/mol. The van der Waals surface area contributed by atoms with E-state index in [1.807, 2.05) is 30.5 Å². The van der Waals surface area contributed by atoms with Crippen LogP contribution in [0.3, 0.4) is 0 Å². The molecule has 1 aromatic carbocycles. The number of carbonyl (C=O) groups is 1. The molecular weight excluding hydrogens is 292 g/mol. The molecule has 1 aromatic heterocycles. The van der Waals surface area contributed by atoms with Crippen molar-refractivity contribution in [1.82, 2.24) is 14.5 Å². The molecule has 1 saturated heterocycles. The molecule has 6 nitrogen and oxygen atoms in total. The Bertz CT molecular complexity index is 683. The molecule has 0 saturated carbocycles. The van der Waals surface area contributed by atoms with Crippen molar-refractivity contribution in [1.29, 1.82) is 0 Å². The summed E-state index contributed by atoms with van der Waals surface area (Å²) in [6.07, 6.45) is 5.03. The van der Waals surface area contributed by atoms with E-state index in [0.29, 0.717) is 19.5 Å². The topological polar surface area (TPSA) is 70.4 Å². The maximum atomic E-state index is 12.2. The van der Waals surface area contributed by atoms with Crippen LogP contribution in [0.15, 0.2) is 36.7 Å². The first kappa shape index (κ1) is 15.6. The minimum absolute atomic E-state index is 0.171. The summed E-state index contributed by atoms with van der Waals surface area (Å²) < 4.78 is 2.11. The Morgan fingerprint density at radius 3 is 3.09 bits per heavy atom. The number of anilines is 1. The zero-order valence-corrected chi connectivity index (χ0v) is 13.3. The highest BCUT2D eigenvalue weighted by atomic mass is 16.3. The van der Waals surface area contributed by atoms with E-state index in [2.05, 4.69) is 21.8 Å². The molecule has 122 valence electrons. The van der Waals surface area contributed by atoms with Crippen LogP contribution in [-0.2, 0) is 6.54 Å². The number of amides is 2. The highest BCUT2D eigenvalue weighted by molar-refractivity contribution is 5.90. The van der Waals surface area contributed by atoms with E-state index < -0.39 is 6.10 Å². The van der Waals surface area contributed by atoms with Crippen molar-refractivity contribution in [2.75, 3.05) is 18.4 Å². The zero-order valence-electron chi connectivity index (χ0n) is 13.3. The smallest absolute Gasteiger partial charge is 0.321 e. The highest BCUT2D eigenvalue weighted by Crippen LogP contribution is 2.22. The molecule has 2 amide bonds. The van der Waals surface area contributed by atoms with E-state index >= 15 is 0 Å². The second-order valence-electron chi connectivity index (χ2n) is 5.84. The van der Waals surface area contributed by atoms with Crippen molar-refractivity contribution < 1.29 is 9.90 Å². The van der Waals surface area contributed by atoms with Crippen molar-refractivity contribution >= 4 is 11.7 Å². The van der Waals surface area contributed by atoms with Crippen LogP contribution >= 0.6 is 0 Å². The maximum absolute atomic E-state index is 12.2. The fourth-order valence-corrected chi connectivity index (χ4v) is 2.86. The SMILES string of the molecule is CCCn1ccnc1-c1cccc(NC(=O)N2CC[C@@H](O)C2)c1. The Balaban J connectivity index is 1.75. The molecule has 0 bridgehead atoms. The summed E-state index contributed by atoms with van der Waals surface area (Å²) in [7, 11) is 0. The molecule has 3 rings (SSSR count). The molecule has 0 spiro atoms. The van der Waals surface area contributed by atoms with E-state index in [0.717, 1.165) is 30.0 Å². The van der Waals surface area contributed by atoms with E-state index in [9.17, 15) is 9.90 Å². The second-order valence-corrected chi connectivity index (χ2v) is 5.84. The first-order valence-electron chi connectivity index (χ1n) is 8.03. The molecule has 0 unspecified atom stereocenters. The van der Waals surface area contributed by atoms with Gasteiger partial charge in [0.15, 0.2) is 0 Å². The number of hydrogen-bond acceptors (Lipinski definition) is 3. The van der Waals surface area contributed by atoms with Gasteiger partial charge in [-0.2, -0.15) is 0 Å². The summed E-state index contributed by atoms with van der Waals surface area (Å²) in [6, 6.07) is 7.52. The van der Waals surface area contributed by atoms with Gasteiger partial charge in [-0.1, -0.05) is 19.1 Å². The van der Waals surface area contributed by atoms with Crippen LogP contribution < -0.4 is 5.32 Å². The molecule has 6 heteroatoms. The van der Waals surface area contributed by atoms with Crippen molar-refractivity contribution in [3.8, 4) is 11.4 Å². The van der Waals surface area contributed by atoms with Crippen LogP contribution in [0.25, 0.3) is 11.4 Å². The van der Waals surface area contributed by atoms with E-state index in [1.54, 1.807) is 11.1 Å². The number of carbonyl (C=O) groups excluding carboxylic acids is 1. The number of nitrogens with one attached hydrogen (secondary N) is 1. The van der Waals surface area contributed by atoms with Crippen molar-refractivity contribution in [2.45, 2.75) is 32.4 Å². The molecule has 1 fully saturated rings. The van der Waals surface area contributed by atoms with E-state index in [4.69, 9.17) is 0 Å². The number of aliphatic hydroxyl groups is 1. The van der Waals surface area contributed by atoms with Crippen LogP contribution in [0, 0.1) is 0 Å². The van der Waals surface area contributed by atoms with E-state index in [1.165, 1.54) is 0 Å². The van der Waals surface area contributed by atoms with Crippen molar-refractivity contribution in [3.63, 3.8) is 0 Å². The molecule has 23 heavy (non-hydrogen) atoms. The average molecular weight is 314 g/mol. The first-order valence-corrected chi connectivity index (χ1v) is 8.03. The van der Waals surface area contributed by atoms with Crippen LogP contribution in [-0.4, -0.2) is 44.8 Å². The molecule has 1 aliphatic rings. The largest absolute Gasteiger partial charge is 0.391 e. The minimum atomic E-state index is -0.409. The van der Waals surface area contributed by atoms with Gasteiger partial charge in [0.1, 0.15) is 5.82 Å². The number of nitrogens with zero attached hydrogens (tertiary/aromatic N) is 3. The summed E-state index contributed by atoms with van der Waals surface area (Å²) in [5.74, 6) is 0.902. The van der Waals surface area contributed by atoms with Crippen LogP contribution in [0.2, 0.25) is 0 Å². The quantitative estimate of drug-likeness (QED) is 0.911. The van der Waals surface area contributed by atoms with Gasteiger partial charge in [0.25, 0.3) is 0 Å². The predicted octanol–water partition coefficient (Wildman–Crippen LogP) is 2.56. The molecule has 2 heterocycles. The number of imidazole rings is 1. The summed E-state index contributed by atoms with van der Waals surface area (Å²) in [5.41, 5.74) is 1.71. The lowest BCUT2D eigenvalue weighted by Gasteiger charge is -2.17. The lowest BCUT2D eigenvalue weighted by molar-refractivity contribution is 0.176. The van der Waals surface area contributed by atoms with Gasteiger partial charge in [0, 0.05) is 43.3 Å². The Hall–Kier alpha value is -2.34. The number of aliphatic hydroxyl groups excluding tert-OH is 1. The van der Waals surface area contributed by atoms with Gasteiger partial charge in [0.2, 0.25) is 0 Å². The Kier molecular flexibility index (Phi) is 4.62. The molecule has 2 aromatic rings. The van der Waals surface area contributed by atoms with Gasteiger partial charge in [0.05, 0.1) is 6.10 Å². The van der Waals surface area contributed by atoms with Crippen LogP contribution in [0.4, 0.5) is 10.5 Å². The van der Waals surface area contributed by atoms with Gasteiger partial charge in [-0.25, -0.2) is 9.78 Å². The third-order valence-corrected chi connectivity index (χ3v) is 4.00. The fraction of sp³-hybridized carbons (Fsp3) is 0.412. The third-order valence-electron chi connectivity index (χ3n) is 4.00. The second kappa shape index (κ2) is 6.83. The lowest BCUT2D eigenvalue weighted by atomic mass is 10.2. The average Bonchev–Trinajstić information content (AvgIpc) is 3.17. The lowest BCUT2D eigenvalue weighted by Crippen LogP contribution is -2.33. The summed E-state index contributed by atoms with van der Waals surface area (Å²) in [6.45, 7) is 4.03. The number of β-amino-alcohol motifs (C(OH)–C–C–N with tert-alkyl or cyclic N) is 1. The zero-order chi connectivity index (χ0) is 16.2. The molecule has 0 aliphatic carbocycles. The van der Waals surface area contributed by atoms with Gasteiger partial charge >= 0.3 is 6.03 Å². The van der Waals surface area contributed by atoms with Crippen LogP contribution in [0.1, 0.15) is 19.8 Å². The minimum Gasteiger partial charge on any atom is -0.391 e. The predicted molar refractivity (Wildman–Crippen MR) is 89.2 cm³/mol. The third kappa shape index (κ3) is 3.53. The maximum Gasteiger partial charge on any atom is 0.321 e. The number of urea groups is 1. The number of rotatable bonds is 4. The Morgan fingerprint density at radius 2 is 2.35 bits per heavy atom. The number of benzene rings is 1. The summed E-state index contributed by atoms with van der Waals surface area (Å²) in [4.78, 5) is 18.3. The molecule has 1 aliphatic heterocycles. The van der Waals surface area contributed by atoms with Gasteiger partial charge in [-0.05, 0) is 25.0 Å². The molecule has 0 radical (unpaired) electrons. The Labute approximate surface area is 135 Å². The van der Waals surface area contributed by atoms with Crippen LogP contribution in [0.5, 0.6) is 0 Å². The van der Waals surface area contributed by atoms with Crippen molar-refractivity contribution in [2.24, 2.45) is 0 Å². The summed E-state index contributed by atoms with van der Waals surface area (Å²) in [5, 5.41) is 12.4. The summed E-state index contributed by atoms with van der Waals surface area (Å²) >= 11 is 0. The van der Waals surface area contributed by atoms with Gasteiger partial charge in [-0.15, -0.1) is 0 Å². The Morgan fingerprint density at radius 1 is 1.48 bits per heavy atom.